The van der Waals surface area contributed by atoms with Crippen LogP contribution in [0.5, 0.6) is 5.75 Å². The number of sulfonamides is 1. The summed E-state index contributed by atoms with van der Waals surface area (Å²) in [6, 6.07) is 9.79. The lowest BCUT2D eigenvalue weighted by Gasteiger charge is -2.25. The zero-order valence-corrected chi connectivity index (χ0v) is 24.8. The molecule has 220 valence electrons. The standard InChI is InChI=1S/C27H31FN4O7S2/c1-16(24(29)31-35)22(33)12-18-8-11-20(13-21(18)28)41(36,37)32(14-17-6-9-19(38-5)10-7-17)25-23(30-15-40-25)26(34)39-27(2,3)4/h6-11,13,15-16,35H,12,14H2,1-5H3,(H2,29,31). The van der Waals surface area contributed by atoms with E-state index in [9.17, 15) is 18.0 Å². The van der Waals surface area contributed by atoms with Gasteiger partial charge in [-0.15, -0.1) is 11.3 Å². The van der Waals surface area contributed by atoms with E-state index < -0.39 is 50.4 Å². The summed E-state index contributed by atoms with van der Waals surface area (Å²) in [7, 11) is -2.97. The van der Waals surface area contributed by atoms with E-state index in [4.69, 9.17) is 20.4 Å². The number of ether oxygens (including phenoxy) is 2. The third-order valence-corrected chi connectivity index (χ3v) is 8.58. The summed E-state index contributed by atoms with van der Waals surface area (Å²) in [5, 5.41) is 11.6. The van der Waals surface area contributed by atoms with E-state index in [2.05, 4.69) is 10.1 Å². The van der Waals surface area contributed by atoms with Crippen LogP contribution in [0.1, 0.15) is 49.3 Å². The number of methoxy groups -OCH3 is 1. The molecular weight excluding hydrogens is 575 g/mol. The molecule has 0 radical (unpaired) electrons. The second kappa shape index (κ2) is 12.6. The van der Waals surface area contributed by atoms with Crippen molar-refractivity contribution in [1.82, 2.24) is 4.98 Å². The summed E-state index contributed by atoms with van der Waals surface area (Å²) in [5.74, 6) is -3.02. The van der Waals surface area contributed by atoms with Crippen LogP contribution in [0, 0.1) is 11.7 Å². The Bertz CT molecular complexity index is 1550. The Balaban J connectivity index is 2.04. The van der Waals surface area contributed by atoms with E-state index in [0.29, 0.717) is 11.3 Å². The number of aromatic nitrogens is 1. The molecule has 41 heavy (non-hydrogen) atoms. The van der Waals surface area contributed by atoms with Gasteiger partial charge >= 0.3 is 5.97 Å². The molecular formula is C27H31FN4O7S2. The van der Waals surface area contributed by atoms with Crippen LogP contribution < -0.4 is 14.8 Å². The monoisotopic (exact) mass is 606 g/mol. The van der Waals surface area contributed by atoms with Crippen molar-refractivity contribution in [3.8, 4) is 5.75 Å². The van der Waals surface area contributed by atoms with E-state index >= 15 is 4.39 Å². The molecule has 0 aliphatic heterocycles. The molecule has 3 aromatic rings. The summed E-state index contributed by atoms with van der Waals surface area (Å²) < 4.78 is 54.7. The lowest BCUT2D eigenvalue weighted by molar-refractivity contribution is -0.120. The van der Waals surface area contributed by atoms with Gasteiger partial charge in [-0.1, -0.05) is 23.4 Å². The normalized spacial score (nSPS) is 13.0. The Kier molecular flexibility index (Phi) is 9.71. The van der Waals surface area contributed by atoms with Crippen molar-refractivity contribution in [1.29, 1.82) is 0 Å². The Hall–Kier alpha value is -4.04. The maximum Gasteiger partial charge on any atom is 0.360 e. The van der Waals surface area contributed by atoms with E-state index in [-0.39, 0.29) is 28.6 Å². The number of ketones is 1. The third kappa shape index (κ3) is 7.58. The number of Topliss-reactive ketones (excluding diaryl/α,β-unsaturated/α-hetero) is 1. The summed E-state index contributed by atoms with van der Waals surface area (Å²) >= 11 is 0.912. The maximum absolute atomic E-state index is 15.2. The highest BCUT2D eigenvalue weighted by molar-refractivity contribution is 7.93. The van der Waals surface area contributed by atoms with Gasteiger partial charge in [0.05, 0.1) is 30.0 Å². The molecule has 1 heterocycles. The number of carbonyl (C=O) groups is 2. The fourth-order valence-electron chi connectivity index (χ4n) is 3.60. The van der Waals surface area contributed by atoms with Crippen LogP contribution in [0.2, 0.25) is 0 Å². The summed E-state index contributed by atoms with van der Waals surface area (Å²) in [5.41, 5.74) is 6.21. The first-order valence-corrected chi connectivity index (χ1v) is 14.6. The van der Waals surface area contributed by atoms with Gasteiger partial charge in [0, 0.05) is 6.42 Å². The van der Waals surface area contributed by atoms with Crippen molar-refractivity contribution in [2.24, 2.45) is 16.8 Å². The summed E-state index contributed by atoms with van der Waals surface area (Å²) in [6.45, 7) is 6.20. The predicted octanol–water partition coefficient (Wildman–Crippen LogP) is 4.14. The SMILES string of the molecule is COc1ccc(CN(c2scnc2C(=O)OC(C)(C)C)S(=O)(=O)c2ccc(CC(=O)C(C)C(N)=NO)c(F)c2)cc1. The molecule has 0 saturated heterocycles. The van der Waals surface area contributed by atoms with E-state index in [0.717, 1.165) is 21.7 Å². The number of benzene rings is 2. The number of oxime groups is 1. The molecule has 3 N–H and O–H groups in total. The van der Waals surface area contributed by atoms with Gasteiger partial charge in [-0.05, 0) is 63.1 Å². The van der Waals surface area contributed by atoms with E-state index in [1.807, 2.05) is 0 Å². The fourth-order valence-corrected chi connectivity index (χ4v) is 6.08. The number of thiazole rings is 1. The number of hydrogen-bond acceptors (Lipinski definition) is 10. The van der Waals surface area contributed by atoms with Gasteiger partial charge in [-0.25, -0.2) is 22.6 Å². The van der Waals surface area contributed by atoms with Crippen molar-refractivity contribution in [3.05, 3.63) is 70.6 Å². The Morgan fingerprint density at radius 3 is 2.41 bits per heavy atom. The van der Waals surface area contributed by atoms with Crippen LogP contribution in [0.3, 0.4) is 0 Å². The quantitative estimate of drug-likeness (QED) is 0.107. The number of esters is 1. The molecule has 0 aliphatic carbocycles. The van der Waals surface area contributed by atoms with Crippen molar-refractivity contribution in [2.75, 3.05) is 11.4 Å². The molecule has 0 aliphatic rings. The Morgan fingerprint density at radius 1 is 1.20 bits per heavy atom. The average molecular weight is 607 g/mol. The number of amidine groups is 1. The van der Waals surface area contributed by atoms with Gasteiger partial charge < -0.3 is 20.4 Å². The third-order valence-electron chi connectivity index (χ3n) is 5.87. The van der Waals surface area contributed by atoms with E-state index in [1.165, 1.54) is 31.7 Å². The number of anilines is 1. The topological polar surface area (TPSA) is 161 Å². The molecule has 14 heteroatoms. The number of halogens is 1. The highest BCUT2D eigenvalue weighted by atomic mass is 32.2. The Labute approximate surface area is 241 Å². The summed E-state index contributed by atoms with van der Waals surface area (Å²) in [4.78, 5) is 29.0. The minimum absolute atomic E-state index is 0.0117. The van der Waals surface area contributed by atoms with Crippen LogP contribution >= 0.6 is 11.3 Å². The highest BCUT2D eigenvalue weighted by Gasteiger charge is 2.33. The minimum atomic E-state index is -4.47. The molecule has 0 spiro atoms. The Morgan fingerprint density at radius 2 is 1.85 bits per heavy atom. The number of nitrogens with two attached hydrogens (primary N) is 1. The molecule has 11 nitrogen and oxygen atoms in total. The number of hydrogen-bond donors (Lipinski definition) is 2. The van der Waals surface area contributed by atoms with Crippen LogP contribution in [-0.2, 0) is 32.5 Å². The lowest BCUT2D eigenvalue weighted by atomic mass is 9.98. The van der Waals surface area contributed by atoms with Crippen molar-refractivity contribution >= 4 is 43.9 Å². The van der Waals surface area contributed by atoms with Crippen LogP contribution in [0.4, 0.5) is 9.39 Å². The molecule has 1 aromatic heterocycles. The van der Waals surface area contributed by atoms with Crippen molar-refractivity contribution in [3.63, 3.8) is 0 Å². The van der Waals surface area contributed by atoms with Gasteiger partial charge in [0.2, 0.25) is 0 Å². The van der Waals surface area contributed by atoms with Gasteiger partial charge in [-0.2, -0.15) is 0 Å². The lowest BCUT2D eigenvalue weighted by Crippen LogP contribution is -2.32. The molecule has 3 rings (SSSR count). The number of rotatable bonds is 11. The second-order valence-corrected chi connectivity index (χ2v) is 12.7. The van der Waals surface area contributed by atoms with Crippen LogP contribution in [0.25, 0.3) is 0 Å². The minimum Gasteiger partial charge on any atom is -0.497 e. The maximum atomic E-state index is 15.2. The zero-order valence-electron chi connectivity index (χ0n) is 23.1. The van der Waals surface area contributed by atoms with Crippen molar-refractivity contribution < 1.29 is 37.1 Å². The first kappa shape index (κ1) is 31.5. The van der Waals surface area contributed by atoms with Gasteiger partial charge in [0.1, 0.15) is 33.8 Å². The highest BCUT2D eigenvalue weighted by Crippen LogP contribution is 2.34. The van der Waals surface area contributed by atoms with Gasteiger partial charge in [0.15, 0.2) is 5.69 Å². The van der Waals surface area contributed by atoms with Crippen LogP contribution in [-0.4, -0.2) is 48.9 Å². The van der Waals surface area contributed by atoms with E-state index in [1.54, 1.807) is 45.0 Å². The largest absolute Gasteiger partial charge is 0.497 e. The second-order valence-electron chi connectivity index (χ2n) is 10.0. The molecule has 0 bridgehead atoms. The molecule has 0 amide bonds. The van der Waals surface area contributed by atoms with Gasteiger partial charge in [-0.3, -0.25) is 9.10 Å². The van der Waals surface area contributed by atoms with Crippen molar-refractivity contribution in [2.45, 2.75) is 51.2 Å². The first-order valence-electron chi connectivity index (χ1n) is 12.3. The van der Waals surface area contributed by atoms with Gasteiger partial charge in [0.25, 0.3) is 10.0 Å². The number of nitrogens with zero attached hydrogens (tertiary/aromatic N) is 3. The smallest absolute Gasteiger partial charge is 0.360 e. The molecule has 0 fully saturated rings. The molecule has 1 atom stereocenters. The number of carbonyl (C=O) groups excluding carboxylic acids is 2. The first-order chi connectivity index (χ1) is 19.2. The average Bonchev–Trinajstić information content (AvgIpc) is 3.40. The zero-order chi connectivity index (χ0) is 30.5. The molecule has 2 aromatic carbocycles. The summed E-state index contributed by atoms with van der Waals surface area (Å²) in [6.07, 6.45) is -0.406. The predicted molar refractivity (Wildman–Crippen MR) is 151 cm³/mol. The molecule has 1 unspecified atom stereocenters. The fraction of sp³-hybridized carbons (Fsp3) is 0.333. The van der Waals surface area contributed by atoms with Crippen LogP contribution in [0.15, 0.2) is 58.0 Å². The molecule has 0 saturated carbocycles.